The summed E-state index contributed by atoms with van der Waals surface area (Å²) in [4.78, 5) is 4.67. The van der Waals surface area contributed by atoms with Gasteiger partial charge in [0, 0.05) is 22.8 Å². The molecule has 3 aromatic rings. The van der Waals surface area contributed by atoms with Gasteiger partial charge in [-0.1, -0.05) is 29.8 Å². The zero-order valence-electron chi connectivity index (χ0n) is 15.4. The molecule has 0 aliphatic rings. The minimum atomic E-state index is 0.532. The van der Waals surface area contributed by atoms with Crippen molar-refractivity contribution < 1.29 is 0 Å². The third kappa shape index (κ3) is 3.84. The summed E-state index contributed by atoms with van der Waals surface area (Å²) < 4.78 is 0. The van der Waals surface area contributed by atoms with Gasteiger partial charge >= 0.3 is 0 Å². The van der Waals surface area contributed by atoms with Gasteiger partial charge in [-0.25, -0.2) is 4.98 Å². The molecule has 0 aliphatic carbocycles. The fourth-order valence-corrected chi connectivity index (χ4v) is 3.54. The molecule has 1 aromatic heterocycles. The smallest absolute Gasteiger partial charge is 0.136 e. The first-order valence-corrected chi connectivity index (χ1v) is 9.33. The highest BCUT2D eigenvalue weighted by Gasteiger charge is 2.10. The van der Waals surface area contributed by atoms with Crippen LogP contribution in [0.1, 0.15) is 27.3 Å². The lowest BCUT2D eigenvalue weighted by Gasteiger charge is -2.05. The third-order valence-electron chi connectivity index (χ3n) is 4.40. The molecular formula is C22H21N3S. The van der Waals surface area contributed by atoms with E-state index in [2.05, 4.69) is 74.4 Å². The van der Waals surface area contributed by atoms with Crippen LogP contribution >= 0.6 is 11.3 Å². The number of hydrogen-bond acceptors (Lipinski definition) is 4. The maximum atomic E-state index is 9.54. The Kier molecular flexibility index (Phi) is 5.20. The number of nitrogens with one attached hydrogen (secondary N) is 1. The van der Waals surface area contributed by atoms with E-state index in [1.807, 2.05) is 11.4 Å². The number of hydrogen-bond donors (Lipinski definition) is 1. The highest BCUT2D eigenvalue weighted by molar-refractivity contribution is 7.11. The molecule has 1 N–H and O–H groups in total. The Hall–Kier alpha value is -2.90. The lowest BCUT2D eigenvalue weighted by atomic mass is 10.0. The molecule has 0 amide bonds. The molecule has 0 atom stereocenters. The van der Waals surface area contributed by atoms with Crippen LogP contribution in [-0.4, -0.2) is 4.98 Å². The van der Waals surface area contributed by atoms with Gasteiger partial charge in [-0.05, 0) is 56.5 Å². The number of benzene rings is 2. The average Bonchev–Trinajstić information content (AvgIpc) is 3.08. The Morgan fingerprint density at radius 3 is 2.54 bits per heavy atom. The average molecular weight is 359 g/mol. The van der Waals surface area contributed by atoms with Crippen LogP contribution in [0.3, 0.4) is 0 Å². The van der Waals surface area contributed by atoms with Gasteiger partial charge in [-0.15, -0.1) is 11.3 Å². The molecule has 0 fully saturated rings. The standard InChI is InChI=1S/C22H21N3S/c1-14-5-8-20(17(4)9-14)21-13-26-22(25-21)18(11-23)12-24-19-7-6-15(2)16(3)10-19/h5-10,12-13,24H,1-4H3. The Morgan fingerprint density at radius 1 is 1.04 bits per heavy atom. The van der Waals surface area contributed by atoms with Gasteiger partial charge in [-0.3, -0.25) is 0 Å². The largest absolute Gasteiger partial charge is 0.360 e. The number of aromatic nitrogens is 1. The lowest BCUT2D eigenvalue weighted by Crippen LogP contribution is -1.92. The SMILES string of the molecule is Cc1ccc(-c2csc(C(C#N)=CNc3ccc(C)c(C)c3)n2)c(C)c1. The minimum Gasteiger partial charge on any atom is -0.360 e. The topological polar surface area (TPSA) is 48.7 Å². The molecule has 0 aliphatic heterocycles. The number of aryl methyl sites for hydroxylation is 4. The summed E-state index contributed by atoms with van der Waals surface area (Å²) in [6.45, 7) is 8.33. The van der Waals surface area contributed by atoms with Crippen LogP contribution in [0.25, 0.3) is 16.8 Å². The fourth-order valence-electron chi connectivity index (χ4n) is 2.75. The van der Waals surface area contributed by atoms with Crippen molar-refractivity contribution in [3.8, 4) is 17.3 Å². The number of rotatable bonds is 4. The van der Waals surface area contributed by atoms with Gasteiger partial charge < -0.3 is 5.32 Å². The summed E-state index contributed by atoms with van der Waals surface area (Å²) in [5.41, 5.74) is 8.41. The summed E-state index contributed by atoms with van der Waals surface area (Å²) in [6, 6.07) is 14.7. The van der Waals surface area contributed by atoms with Crippen molar-refractivity contribution in [1.82, 2.24) is 4.98 Å². The van der Waals surface area contributed by atoms with Gasteiger partial charge in [-0.2, -0.15) is 5.26 Å². The molecule has 1 heterocycles. The van der Waals surface area contributed by atoms with Crippen molar-refractivity contribution in [2.24, 2.45) is 0 Å². The van der Waals surface area contributed by atoms with Crippen molar-refractivity contribution in [3.63, 3.8) is 0 Å². The van der Waals surface area contributed by atoms with E-state index in [1.54, 1.807) is 6.20 Å². The summed E-state index contributed by atoms with van der Waals surface area (Å²) in [5, 5.41) is 15.5. The van der Waals surface area contributed by atoms with Gasteiger partial charge in [0.05, 0.1) is 5.69 Å². The van der Waals surface area contributed by atoms with E-state index in [0.29, 0.717) is 5.57 Å². The molecule has 0 bridgehead atoms. The first-order chi connectivity index (χ1) is 12.5. The molecule has 0 radical (unpaired) electrons. The maximum absolute atomic E-state index is 9.54. The predicted molar refractivity (Wildman–Crippen MR) is 110 cm³/mol. The van der Waals surface area contributed by atoms with Crippen LogP contribution in [0.5, 0.6) is 0 Å². The monoisotopic (exact) mass is 359 g/mol. The molecule has 4 heteroatoms. The van der Waals surface area contributed by atoms with E-state index < -0.39 is 0 Å². The number of anilines is 1. The second-order valence-corrected chi connectivity index (χ2v) is 7.33. The van der Waals surface area contributed by atoms with E-state index in [-0.39, 0.29) is 0 Å². The van der Waals surface area contributed by atoms with Gasteiger partial charge in [0.25, 0.3) is 0 Å². The van der Waals surface area contributed by atoms with Crippen molar-refractivity contribution in [2.75, 3.05) is 5.32 Å². The summed E-state index contributed by atoms with van der Waals surface area (Å²) >= 11 is 1.49. The number of nitrogens with zero attached hydrogens (tertiary/aromatic N) is 2. The minimum absolute atomic E-state index is 0.532. The number of thiazole rings is 1. The van der Waals surface area contributed by atoms with E-state index >= 15 is 0 Å². The second-order valence-electron chi connectivity index (χ2n) is 6.47. The van der Waals surface area contributed by atoms with E-state index in [1.165, 1.54) is 33.6 Å². The van der Waals surface area contributed by atoms with Crippen LogP contribution in [-0.2, 0) is 0 Å². The van der Waals surface area contributed by atoms with Crippen molar-refractivity contribution in [3.05, 3.63) is 75.2 Å². The Balaban J connectivity index is 1.86. The third-order valence-corrected chi connectivity index (χ3v) is 5.28. The van der Waals surface area contributed by atoms with Crippen LogP contribution in [0.15, 0.2) is 48.0 Å². The van der Waals surface area contributed by atoms with Gasteiger partial charge in [0.15, 0.2) is 0 Å². The summed E-state index contributed by atoms with van der Waals surface area (Å²) in [5.74, 6) is 0. The summed E-state index contributed by atoms with van der Waals surface area (Å²) in [7, 11) is 0. The van der Waals surface area contributed by atoms with Crippen LogP contribution < -0.4 is 5.32 Å². The van der Waals surface area contributed by atoms with Crippen LogP contribution in [0, 0.1) is 39.0 Å². The highest BCUT2D eigenvalue weighted by Crippen LogP contribution is 2.28. The molecule has 3 rings (SSSR count). The van der Waals surface area contributed by atoms with Crippen molar-refractivity contribution >= 4 is 22.6 Å². The van der Waals surface area contributed by atoms with E-state index in [0.717, 1.165) is 22.0 Å². The normalized spacial score (nSPS) is 11.3. The van der Waals surface area contributed by atoms with Crippen LogP contribution in [0.4, 0.5) is 5.69 Å². The first kappa shape index (κ1) is 17.9. The maximum Gasteiger partial charge on any atom is 0.136 e. The quantitative estimate of drug-likeness (QED) is 0.579. The molecule has 2 aromatic carbocycles. The fraction of sp³-hybridized carbons (Fsp3) is 0.182. The molecule has 0 saturated carbocycles. The molecule has 0 unspecified atom stereocenters. The lowest BCUT2D eigenvalue weighted by molar-refractivity contribution is 1.32. The Morgan fingerprint density at radius 2 is 1.85 bits per heavy atom. The van der Waals surface area contributed by atoms with Crippen LogP contribution in [0.2, 0.25) is 0 Å². The molecular weight excluding hydrogens is 338 g/mol. The first-order valence-electron chi connectivity index (χ1n) is 8.45. The molecule has 0 spiro atoms. The Labute approximate surface area is 158 Å². The molecule has 26 heavy (non-hydrogen) atoms. The van der Waals surface area contributed by atoms with Gasteiger partial charge in [0.2, 0.25) is 0 Å². The molecule has 130 valence electrons. The van der Waals surface area contributed by atoms with Gasteiger partial charge in [0.1, 0.15) is 16.6 Å². The number of nitriles is 1. The zero-order chi connectivity index (χ0) is 18.7. The second kappa shape index (κ2) is 7.55. The summed E-state index contributed by atoms with van der Waals surface area (Å²) in [6.07, 6.45) is 1.73. The molecule has 3 nitrogen and oxygen atoms in total. The zero-order valence-corrected chi connectivity index (χ0v) is 16.2. The molecule has 0 saturated heterocycles. The Bertz CT molecular complexity index is 1020. The van der Waals surface area contributed by atoms with Crippen molar-refractivity contribution in [2.45, 2.75) is 27.7 Å². The highest BCUT2D eigenvalue weighted by atomic mass is 32.1. The van der Waals surface area contributed by atoms with Crippen molar-refractivity contribution in [1.29, 1.82) is 5.26 Å². The van der Waals surface area contributed by atoms with E-state index in [4.69, 9.17) is 0 Å². The van der Waals surface area contributed by atoms with E-state index in [9.17, 15) is 5.26 Å². The predicted octanol–water partition coefficient (Wildman–Crippen LogP) is 6.02. The number of allylic oxidation sites excluding steroid dienone is 1.